The highest BCUT2D eigenvalue weighted by molar-refractivity contribution is 5.97. The van der Waals surface area contributed by atoms with E-state index < -0.39 is 0 Å². The van der Waals surface area contributed by atoms with Gasteiger partial charge < -0.3 is 0 Å². The summed E-state index contributed by atoms with van der Waals surface area (Å²) >= 11 is 0. The molecule has 0 aliphatic carbocycles. The second-order valence-corrected chi connectivity index (χ2v) is 5.39. The van der Waals surface area contributed by atoms with Gasteiger partial charge in [-0.15, -0.1) is 0 Å². The van der Waals surface area contributed by atoms with Gasteiger partial charge in [0, 0.05) is 5.56 Å². The molecular formula is C18H29NO. The molecule has 0 unspecified atom stereocenters. The lowest BCUT2D eigenvalue weighted by molar-refractivity contribution is 0.0937. The van der Waals surface area contributed by atoms with E-state index in [1.807, 2.05) is 12.1 Å². The van der Waals surface area contributed by atoms with Gasteiger partial charge in [-0.1, -0.05) is 64.3 Å². The smallest absolute Gasteiger partial charge is 0.176 e. The molecule has 2 heteroatoms. The summed E-state index contributed by atoms with van der Waals surface area (Å²) in [5, 5.41) is 0. The fraction of sp³-hybridized carbons (Fsp3) is 0.611. The number of carbonyl (C=O) groups excluding carboxylic acids is 1. The molecule has 0 amide bonds. The minimum absolute atomic E-state index is 0.228. The van der Waals surface area contributed by atoms with Crippen LogP contribution in [0.5, 0.6) is 0 Å². The van der Waals surface area contributed by atoms with E-state index in [0.29, 0.717) is 6.54 Å². The van der Waals surface area contributed by atoms with Gasteiger partial charge in [-0.25, -0.2) is 0 Å². The molecule has 0 saturated carbocycles. The van der Waals surface area contributed by atoms with Crippen LogP contribution in [-0.4, -0.2) is 30.3 Å². The summed E-state index contributed by atoms with van der Waals surface area (Å²) in [6.07, 6.45) is 6.28. The number of aryl methyl sites for hydroxylation is 1. The Morgan fingerprint density at radius 1 is 0.950 bits per heavy atom. The van der Waals surface area contributed by atoms with Crippen LogP contribution in [0.25, 0.3) is 0 Å². The number of likely N-dealkylation sites (N-methyl/N-ethyl adjacent to an activating group) is 1. The number of unbranched alkanes of at least 4 members (excludes halogenated alkanes) is 3. The van der Waals surface area contributed by atoms with E-state index in [1.165, 1.54) is 31.2 Å². The first kappa shape index (κ1) is 16.9. The number of Topliss-reactive ketones (excluding diaryl/α,β-unsaturated/α-hetero) is 1. The van der Waals surface area contributed by atoms with Crippen molar-refractivity contribution in [1.82, 2.24) is 4.90 Å². The molecule has 0 aliphatic rings. The molecule has 1 aromatic rings. The van der Waals surface area contributed by atoms with Crippen LogP contribution in [0.3, 0.4) is 0 Å². The molecule has 0 heterocycles. The zero-order valence-corrected chi connectivity index (χ0v) is 13.3. The monoisotopic (exact) mass is 275 g/mol. The van der Waals surface area contributed by atoms with E-state index in [9.17, 15) is 4.79 Å². The second-order valence-electron chi connectivity index (χ2n) is 5.39. The Morgan fingerprint density at radius 3 is 2.15 bits per heavy atom. The number of rotatable bonds is 10. The fourth-order valence-corrected chi connectivity index (χ4v) is 2.35. The molecule has 1 aromatic carbocycles. The quantitative estimate of drug-likeness (QED) is 0.468. The van der Waals surface area contributed by atoms with Crippen LogP contribution in [-0.2, 0) is 6.42 Å². The lowest BCUT2D eigenvalue weighted by atomic mass is 10.0. The van der Waals surface area contributed by atoms with Gasteiger partial charge in [-0.2, -0.15) is 0 Å². The van der Waals surface area contributed by atoms with Gasteiger partial charge >= 0.3 is 0 Å². The summed E-state index contributed by atoms with van der Waals surface area (Å²) in [5.41, 5.74) is 2.19. The molecule has 0 atom stereocenters. The van der Waals surface area contributed by atoms with Crippen molar-refractivity contribution in [2.24, 2.45) is 0 Å². The summed E-state index contributed by atoms with van der Waals surface area (Å²) in [7, 11) is 0. The molecule has 1 rings (SSSR count). The summed E-state index contributed by atoms with van der Waals surface area (Å²) in [6, 6.07) is 8.20. The topological polar surface area (TPSA) is 20.3 Å². The molecule has 0 N–H and O–H groups in total. The average molecular weight is 275 g/mol. The molecule has 0 aliphatic heterocycles. The minimum Gasteiger partial charge on any atom is -0.296 e. The van der Waals surface area contributed by atoms with Gasteiger partial charge in [-0.3, -0.25) is 9.69 Å². The van der Waals surface area contributed by atoms with Crippen molar-refractivity contribution < 1.29 is 4.79 Å². The first-order chi connectivity index (χ1) is 9.71. The highest BCUT2D eigenvalue weighted by Crippen LogP contribution is 2.10. The molecule has 20 heavy (non-hydrogen) atoms. The minimum atomic E-state index is 0.228. The number of carbonyl (C=O) groups is 1. The molecule has 0 saturated heterocycles. The Morgan fingerprint density at radius 2 is 1.60 bits per heavy atom. The summed E-state index contributed by atoms with van der Waals surface area (Å²) < 4.78 is 0. The molecule has 0 radical (unpaired) electrons. The van der Waals surface area contributed by atoms with Gasteiger partial charge in [0.05, 0.1) is 6.54 Å². The van der Waals surface area contributed by atoms with Crippen LogP contribution in [0.2, 0.25) is 0 Å². The van der Waals surface area contributed by atoms with Gasteiger partial charge in [0.2, 0.25) is 0 Å². The van der Waals surface area contributed by atoms with Crippen LogP contribution >= 0.6 is 0 Å². The van der Waals surface area contributed by atoms with Crippen LogP contribution in [0.1, 0.15) is 62.4 Å². The summed E-state index contributed by atoms with van der Waals surface area (Å²) in [6.45, 7) is 8.81. The van der Waals surface area contributed by atoms with Gasteiger partial charge in [0.25, 0.3) is 0 Å². The number of ketones is 1. The van der Waals surface area contributed by atoms with Crippen molar-refractivity contribution in [2.45, 2.75) is 52.9 Å². The zero-order chi connectivity index (χ0) is 14.8. The van der Waals surface area contributed by atoms with E-state index >= 15 is 0 Å². The number of benzene rings is 1. The summed E-state index contributed by atoms with van der Waals surface area (Å²) in [5.74, 6) is 0.228. The van der Waals surface area contributed by atoms with E-state index in [2.05, 4.69) is 37.8 Å². The Bertz CT molecular complexity index is 379. The van der Waals surface area contributed by atoms with Crippen molar-refractivity contribution in [1.29, 1.82) is 0 Å². The third kappa shape index (κ3) is 5.87. The predicted octanol–water partition coefficient (Wildman–Crippen LogP) is 4.33. The molecule has 0 bridgehead atoms. The number of nitrogens with zero attached hydrogens (tertiary/aromatic N) is 1. The second kappa shape index (κ2) is 9.71. The van der Waals surface area contributed by atoms with E-state index in [1.54, 1.807) is 0 Å². The molecule has 2 nitrogen and oxygen atoms in total. The highest BCUT2D eigenvalue weighted by Gasteiger charge is 2.09. The first-order valence-electron chi connectivity index (χ1n) is 8.05. The first-order valence-corrected chi connectivity index (χ1v) is 8.05. The number of hydrogen-bond donors (Lipinski definition) is 0. The SMILES string of the molecule is CCCCCCc1ccc(C(=O)CN(CC)CC)cc1. The largest absolute Gasteiger partial charge is 0.296 e. The van der Waals surface area contributed by atoms with E-state index in [-0.39, 0.29) is 5.78 Å². The normalized spacial score (nSPS) is 11.0. The van der Waals surface area contributed by atoms with Crippen molar-refractivity contribution in [3.8, 4) is 0 Å². The Hall–Kier alpha value is -1.15. The molecule has 0 aromatic heterocycles. The van der Waals surface area contributed by atoms with Crippen LogP contribution in [0.15, 0.2) is 24.3 Å². The van der Waals surface area contributed by atoms with Crippen LogP contribution < -0.4 is 0 Å². The maximum atomic E-state index is 12.1. The average Bonchev–Trinajstić information content (AvgIpc) is 2.49. The zero-order valence-electron chi connectivity index (χ0n) is 13.3. The Balaban J connectivity index is 2.46. The van der Waals surface area contributed by atoms with Crippen molar-refractivity contribution in [3.05, 3.63) is 35.4 Å². The van der Waals surface area contributed by atoms with Crippen molar-refractivity contribution in [2.75, 3.05) is 19.6 Å². The third-order valence-electron chi connectivity index (χ3n) is 3.86. The molecule has 0 spiro atoms. The molecular weight excluding hydrogens is 246 g/mol. The predicted molar refractivity (Wildman–Crippen MR) is 86.4 cm³/mol. The Kier molecular flexibility index (Phi) is 8.20. The van der Waals surface area contributed by atoms with Crippen LogP contribution in [0, 0.1) is 0 Å². The standard InChI is InChI=1S/C18H29NO/c1-4-7-8-9-10-16-11-13-17(14-12-16)18(20)15-19(5-2)6-3/h11-14H,4-10,15H2,1-3H3. The van der Waals surface area contributed by atoms with Gasteiger partial charge in [-0.05, 0) is 31.5 Å². The maximum absolute atomic E-state index is 12.1. The number of hydrogen-bond acceptors (Lipinski definition) is 2. The lowest BCUT2D eigenvalue weighted by Crippen LogP contribution is -2.29. The maximum Gasteiger partial charge on any atom is 0.176 e. The third-order valence-corrected chi connectivity index (χ3v) is 3.86. The van der Waals surface area contributed by atoms with Crippen molar-refractivity contribution in [3.63, 3.8) is 0 Å². The fourth-order valence-electron chi connectivity index (χ4n) is 2.35. The van der Waals surface area contributed by atoms with E-state index in [4.69, 9.17) is 0 Å². The van der Waals surface area contributed by atoms with Crippen LogP contribution in [0.4, 0.5) is 0 Å². The molecule has 0 fully saturated rings. The Labute approximate surface area is 124 Å². The van der Waals surface area contributed by atoms with Gasteiger partial charge in [0.15, 0.2) is 5.78 Å². The van der Waals surface area contributed by atoms with Gasteiger partial charge in [0.1, 0.15) is 0 Å². The highest BCUT2D eigenvalue weighted by atomic mass is 16.1. The van der Waals surface area contributed by atoms with E-state index in [0.717, 1.165) is 25.1 Å². The summed E-state index contributed by atoms with van der Waals surface area (Å²) in [4.78, 5) is 14.3. The lowest BCUT2D eigenvalue weighted by Gasteiger charge is -2.16. The van der Waals surface area contributed by atoms with Crippen molar-refractivity contribution >= 4 is 5.78 Å². The molecule has 112 valence electrons.